The fourth-order valence-corrected chi connectivity index (χ4v) is 5.22. The third kappa shape index (κ3) is 1.34. The second-order valence-electron chi connectivity index (χ2n) is 5.70. The van der Waals surface area contributed by atoms with Crippen LogP contribution in [-0.2, 0) is 4.79 Å². The summed E-state index contributed by atoms with van der Waals surface area (Å²) in [6.45, 7) is 0. The van der Waals surface area contributed by atoms with Crippen molar-refractivity contribution in [1.82, 2.24) is 4.90 Å². The number of fused-ring (bicyclic) bond motifs is 1. The van der Waals surface area contributed by atoms with E-state index in [0.29, 0.717) is 5.12 Å². The second kappa shape index (κ2) is 3.77. The number of allylic oxidation sites excluding steroid dienone is 4. The lowest BCUT2D eigenvalue weighted by atomic mass is 9.66. The van der Waals surface area contributed by atoms with Crippen LogP contribution in [0.4, 0.5) is 0 Å². The van der Waals surface area contributed by atoms with Crippen LogP contribution in [0, 0.1) is 5.41 Å². The Balaban J connectivity index is 1.90. The minimum atomic E-state index is 0.122. The molecule has 1 aliphatic carbocycles. The molecule has 0 aromatic rings. The van der Waals surface area contributed by atoms with Crippen molar-refractivity contribution in [3.8, 4) is 0 Å². The van der Waals surface area contributed by atoms with Gasteiger partial charge in [0.2, 0.25) is 0 Å². The molecule has 2 nitrogen and oxygen atoms in total. The Labute approximate surface area is 112 Å². The van der Waals surface area contributed by atoms with Gasteiger partial charge in [-0.05, 0) is 37.7 Å². The van der Waals surface area contributed by atoms with Crippen molar-refractivity contribution in [2.24, 2.45) is 5.41 Å². The molecule has 18 heavy (non-hydrogen) atoms. The molecule has 1 atom stereocenters. The number of hydrogen-bond donors (Lipinski definition) is 0. The largest absolute Gasteiger partial charge is 0.327 e. The first-order valence-electron chi connectivity index (χ1n) is 6.90. The van der Waals surface area contributed by atoms with Gasteiger partial charge >= 0.3 is 0 Å². The molecule has 2 fully saturated rings. The van der Waals surface area contributed by atoms with E-state index in [4.69, 9.17) is 0 Å². The second-order valence-corrected chi connectivity index (χ2v) is 6.77. The number of rotatable bonds is 0. The van der Waals surface area contributed by atoms with E-state index in [2.05, 4.69) is 23.4 Å². The molecule has 0 aromatic carbocycles. The van der Waals surface area contributed by atoms with E-state index in [1.165, 1.54) is 53.6 Å². The first-order chi connectivity index (χ1) is 8.79. The molecule has 0 N–H and O–H groups in total. The van der Waals surface area contributed by atoms with E-state index in [0.717, 1.165) is 19.3 Å². The molecule has 1 spiro atoms. The molecular formula is C15H17NOS. The Morgan fingerprint density at radius 1 is 1.28 bits per heavy atom. The number of nitrogens with zero attached hydrogens (tertiary/aromatic N) is 1. The quantitative estimate of drug-likeness (QED) is 0.657. The van der Waals surface area contributed by atoms with Crippen molar-refractivity contribution in [2.45, 2.75) is 44.9 Å². The first kappa shape index (κ1) is 10.9. The monoisotopic (exact) mass is 259 g/mol. The molecule has 1 unspecified atom stereocenters. The van der Waals surface area contributed by atoms with Gasteiger partial charge in [0.1, 0.15) is 0 Å². The maximum Gasteiger partial charge on any atom is 0.194 e. The highest BCUT2D eigenvalue weighted by Gasteiger charge is 2.51. The summed E-state index contributed by atoms with van der Waals surface area (Å²) >= 11 is 1.54. The van der Waals surface area contributed by atoms with Gasteiger partial charge in [0.05, 0.1) is 0 Å². The lowest BCUT2D eigenvalue weighted by Crippen LogP contribution is -2.33. The van der Waals surface area contributed by atoms with Crippen LogP contribution in [0.25, 0.3) is 0 Å². The molecular weight excluding hydrogens is 242 g/mol. The average molecular weight is 259 g/mol. The normalized spacial score (nSPS) is 34.1. The number of hydrogen-bond acceptors (Lipinski definition) is 3. The molecule has 1 saturated heterocycles. The van der Waals surface area contributed by atoms with E-state index >= 15 is 0 Å². The Hall–Kier alpha value is -0.960. The van der Waals surface area contributed by atoms with Gasteiger partial charge in [-0.1, -0.05) is 24.3 Å². The molecule has 0 aromatic heterocycles. The molecule has 1 saturated carbocycles. The van der Waals surface area contributed by atoms with Crippen LogP contribution in [0.3, 0.4) is 0 Å². The van der Waals surface area contributed by atoms with Gasteiger partial charge in [0.15, 0.2) is 5.12 Å². The minimum Gasteiger partial charge on any atom is -0.327 e. The minimum absolute atomic E-state index is 0.122. The maximum atomic E-state index is 12.0. The standard InChI is InChI=1S/C15H17NOS/c17-13-9-15-7-3-1-5-11(15)10-16-8-4-2-6-12(16)14(15)18-13/h4,8,10H,1-3,5-7,9H2. The van der Waals surface area contributed by atoms with E-state index in [-0.39, 0.29) is 5.41 Å². The van der Waals surface area contributed by atoms with E-state index in [1.807, 2.05) is 0 Å². The summed E-state index contributed by atoms with van der Waals surface area (Å²) in [5, 5.41) is 0.377. The van der Waals surface area contributed by atoms with Crippen LogP contribution in [0.1, 0.15) is 44.9 Å². The molecule has 4 rings (SSSR count). The summed E-state index contributed by atoms with van der Waals surface area (Å²) in [6.07, 6.45) is 14.6. The van der Waals surface area contributed by atoms with Crippen molar-refractivity contribution in [3.63, 3.8) is 0 Å². The van der Waals surface area contributed by atoms with Crippen LogP contribution >= 0.6 is 11.8 Å². The Kier molecular flexibility index (Phi) is 2.28. The topological polar surface area (TPSA) is 20.3 Å². The van der Waals surface area contributed by atoms with Crippen molar-refractivity contribution < 1.29 is 4.79 Å². The highest BCUT2D eigenvalue weighted by atomic mass is 32.2. The Morgan fingerprint density at radius 3 is 3.17 bits per heavy atom. The predicted molar refractivity (Wildman–Crippen MR) is 73.4 cm³/mol. The van der Waals surface area contributed by atoms with Crippen LogP contribution in [0.15, 0.2) is 34.7 Å². The van der Waals surface area contributed by atoms with Crippen LogP contribution in [-0.4, -0.2) is 10.0 Å². The van der Waals surface area contributed by atoms with Crippen molar-refractivity contribution >= 4 is 16.9 Å². The lowest BCUT2D eigenvalue weighted by Gasteiger charge is -2.43. The predicted octanol–water partition coefficient (Wildman–Crippen LogP) is 3.93. The number of carbonyl (C=O) groups is 1. The van der Waals surface area contributed by atoms with E-state index in [9.17, 15) is 4.79 Å². The van der Waals surface area contributed by atoms with Gasteiger partial charge in [-0.15, -0.1) is 0 Å². The first-order valence-corrected chi connectivity index (χ1v) is 7.72. The molecule has 3 aliphatic heterocycles. The fourth-order valence-electron chi connectivity index (χ4n) is 3.85. The van der Waals surface area contributed by atoms with Crippen molar-refractivity contribution in [1.29, 1.82) is 0 Å². The van der Waals surface area contributed by atoms with Gasteiger partial charge in [-0.3, -0.25) is 4.79 Å². The van der Waals surface area contributed by atoms with Crippen LogP contribution in [0.5, 0.6) is 0 Å². The fraction of sp³-hybridized carbons (Fsp3) is 0.533. The zero-order valence-electron chi connectivity index (χ0n) is 10.4. The molecule has 94 valence electrons. The summed E-state index contributed by atoms with van der Waals surface area (Å²) in [6, 6.07) is 0. The lowest BCUT2D eigenvalue weighted by molar-refractivity contribution is -0.111. The van der Waals surface area contributed by atoms with Crippen LogP contribution in [0.2, 0.25) is 0 Å². The molecule has 0 radical (unpaired) electrons. The number of thioether (sulfide) groups is 1. The highest BCUT2D eigenvalue weighted by Crippen LogP contribution is 2.62. The van der Waals surface area contributed by atoms with Gasteiger partial charge in [-0.2, -0.15) is 0 Å². The van der Waals surface area contributed by atoms with Crippen molar-refractivity contribution in [3.05, 3.63) is 34.7 Å². The summed E-state index contributed by atoms with van der Waals surface area (Å²) in [4.78, 5) is 15.7. The zero-order chi connectivity index (χ0) is 12.2. The summed E-state index contributed by atoms with van der Waals surface area (Å²) in [7, 11) is 0. The third-order valence-corrected chi connectivity index (χ3v) is 5.90. The van der Waals surface area contributed by atoms with Gasteiger partial charge in [-0.25, -0.2) is 0 Å². The van der Waals surface area contributed by atoms with Gasteiger partial charge in [0.25, 0.3) is 0 Å². The van der Waals surface area contributed by atoms with E-state index < -0.39 is 0 Å². The van der Waals surface area contributed by atoms with Crippen molar-refractivity contribution in [2.75, 3.05) is 0 Å². The maximum absolute atomic E-state index is 12.0. The van der Waals surface area contributed by atoms with Crippen LogP contribution < -0.4 is 0 Å². The highest BCUT2D eigenvalue weighted by molar-refractivity contribution is 8.17. The SMILES string of the molecule is O=C1CC23CCCCC2=CN2C=CCCC2=C3S1. The summed E-state index contributed by atoms with van der Waals surface area (Å²) in [5.74, 6) is 0. The third-order valence-electron chi connectivity index (χ3n) is 4.69. The zero-order valence-corrected chi connectivity index (χ0v) is 11.3. The summed E-state index contributed by atoms with van der Waals surface area (Å²) in [5.41, 5.74) is 3.04. The summed E-state index contributed by atoms with van der Waals surface area (Å²) < 4.78 is 0. The van der Waals surface area contributed by atoms with Gasteiger partial charge < -0.3 is 4.90 Å². The number of carbonyl (C=O) groups excluding carboxylic acids is 1. The molecule has 0 bridgehead atoms. The molecule has 0 amide bonds. The average Bonchev–Trinajstić information content (AvgIpc) is 2.72. The van der Waals surface area contributed by atoms with Gasteiger partial charge in [0, 0.05) is 34.8 Å². The Morgan fingerprint density at radius 2 is 2.22 bits per heavy atom. The molecule has 4 aliphatic rings. The Bertz CT molecular complexity index is 517. The molecule has 3 heteroatoms. The molecule has 3 heterocycles. The van der Waals surface area contributed by atoms with E-state index in [1.54, 1.807) is 0 Å². The smallest absolute Gasteiger partial charge is 0.194 e.